The first kappa shape index (κ1) is 16.7. The first-order chi connectivity index (χ1) is 11.2. The summed E-state index contributed by atoms with van der Waals surface area (Å²) in [6.07, 6.45) is 7.62. The number of aromatic nitrogens is 2. The minimum Gasteiger partial charge on any atom is -0.339 e. The highest BCUT2D eigenvalue weighted by Gasteiger charge is 2.52. The van der Waals surface area contributed by atoms with E-state index in [0.29, 0.717) is 5.41 Å². The van der Waals surface area contributed by atoms with Crippen molar-refractivity contribution >= 4 is 5.95 Å². The summed E-state index contributed by atoms with van der Waals surface area (Å²) >= 11 is 0. The molecule has 0 saturated carbocycles. The Hall–Kier alpha value is -1.20. The third kappa shape index (κ3) is 4.01. The number of rotatable bonds is 3. The van der Waals surface area contributed by atoms with Crippen LogP contribution in [-0.2, 0) is 0 Å². The highest BCUT2D eigenvalue weighted by molar-refractivity contribution is 5.37. The summed E-state index contributed by atoms with van der Waals surface area (Å²) in [5.41, 5.74) is 0.548. The smallest absolute Gasteiger partial charge is 0.225 e. The first-order valence-corrected chi connectivity index (χ1v) is 9.20. The minimum absolute atomic E-state index is 0.548. The molecule has 0 bridgehead atoms. The molecule has 3 fully saturated rings. The summed E-state index contributed by atoms with van der Waals surface area (Å²) in [6, 6.07) is 1.88. The van der Waals surface area contributed by atoms with Gasteiger partial charge in [0, 0.05) is 50.5 Å². The van der Waals surface area contributed by atoms with Crippen molar-refractivity contribution in [1.29, 1.82) is 0 Å². The molecule has 0 amide bonds. The molecule has 1 spiro atoms. The van der Waals surface area contributed by atoms with Crippen molar-refractivity contribution in [3.8, 4) is 0 Å². The topological polar surface area (TPSA) is 44.3 Å². The lowest BCUT2D eigenvalue weighted by Gasteiger charge is -2.60. The van der Waals surface area contributed by atoms with Crippen molar-refractivity contribution in [2.75, 3.05) is 50.7 Å². The van der Waals surface area contributed by atoms with Gasteiger partial charge in [-0.15, -0.1) is 0 Å². The molecule has 3 saturated heterocycles. The fourth-order valence-corrected chi connectivity index (χ4v) is 4.02. The molecule has 128 valence electrons. The van der Waals surface area contributed by atoms with Gasteiger partial charge in [0.2, 0.25) is 5.95 Å². The Labute approximate surface area is 140 Å². The fraction of sp³-hybridized carbons (Fsp3) is 0.778. The molecule has 3 aliphatic rings. The summed E-state index contributed by atoms with van der Waals surface area (Å²) in [6.45, 7) is 12.8. The molecule has 0 aromatic carbocycles. The molecule has 0 atom stereocenters. The molecule has 1 N–H and O–H groups in total. The molecular formula is C18H31N5. The number of piperidine rings is 1. The van der Waals surface area contributed by atoms with E-state index < -0.39 is 0 Å². The summed E-state index contributed by atoms with van der Waals surface area (Å²) in [5, 5.41) is 3.45. The maximum absolute atomic E-state index is 4.33. The van der Waals surface area contributed by atoms with Gasteiger partial charge in [0.15, 0.2) is 0 Å². The van der Waals surface area contributed by atoms with Crippen LogP contribution >= 0.6 is 0 Å². The zero-order valence-corrected chi connectivity index (χ0v) is 14.7. The molecule has 0 aliphatic carbocycles. The molecule has 0 unspecified atom stereocenters. The van der Waals surface area contributed by atoms with Gasteiger partial charge in [0.25, 0.3) is 0 Å². The highest BCUT2D eigenvalue weighted by Crippen LogP contribution is 2.41. The van der Waals surface area contributed by atoms with Crippen molar-refractivity contribution in [2.45, 2.75) is 33.1 Å². The summed E-state index contributed by atoms with van der Waals surface area (Å²) in [7, 11) is 0. The van der Waals surface area contributed by atoms with Gasteiger partial charge in [-0.25, -0.2) is 9.97 Å². The number of anilines is 1. The average molecular weight is 317 g/mol. The van der Waals surface area contributed by atoms with Crippen molar-refractivity contribution < 1.29 is 0 Å². The molecular weight excluding hydrogens is 286 g/mol. The standard InChI is InChI=1S/C15H23N5.C3H8/c1-4-17-14(18-5-1)20-11-15(12-20)9-19(10-15)8-13-2-6-16-7-3-13;1-3-2/h1,4-5,13,16H,2-3,6-12H2;3H2,1-2H3. The Morgan fingerprint density at radius 3 is 2.30 bits per heavy atom. The maximum Gasteiger partial charge on any atom is 0.225 e. The molecule has 1 aromatic heterocycles. The van der Waals surface area contributed by atoms with Gasteiger partial charge in [0.05, 0.1) is 0 Å². The second kappa shape index (κ2) is 7.58. The molecule has 4 heterocycles. The molecule has 3 aliphatic heterocycles. The van der Waals surface area contributed by atoms with E-state index in [2.05, 4.69) is 38.9 Å². The van der Waals surface area contributed by atoms with E-state index in [9.17, 15) is 0 Å². The van der Waals surface area contributed by atoms with Crippen LogP contribution < -0.4 is 10.2 Å². The van der Waals surface area contributed by atoms with Gasteiger partial charge >= 0.3 is 0 Å². The van der Waals surface area contributed by atoms with Crippen LogP contribution in [0.1, 0.15) is 33.1 Å². The highest BCUT2D eigenvalue weighted by atomic mass is 15.4. The van der Waals surface area contributed by atoms with Gasteiger partial charge in [-0.3, -0.25) is 0 Å². The normalized spacial score (nSPS) is 23.7. The van der Waals surface area contributed by atoms with Crippen molar-refractivity contribution in [1.82, 2.24) is 20.2 Å². The molecule has 4 rings (SSSR count). The largest absolute Gasteiger partial charge is 0.339 e. The zero-order valence-electron chi connectivity index (χ0n) is 14.7. The maximum atomic E-state index is 4.33. The SMILES string of the molecule is CCC.c1cnc(N2CC3(CN(CC4CCNCC4)C3)C2)nc1. The third-order valence-electron chi connectivity index (χ3n) is 4.98. The lowest BCUT2D eigenvalue weighted by atomic mass is 9.72. The molecule has 0 radical (unpaired) electrons. The quantitative estimate of drug-likeness (QED) is 0.924. The third-order valence-corrected chi connectivity index (χ3v) is 4.98. The van der Waals surface area contributed by atoms with Crippen LogP contribution in [0, 0.1) is 11.3 Å². The molecule has 23 heavy (non-hydrogen) atoms. The Kier molecular flexibility index (Phi) is 5.49. The van der Waals surface area contributed by atoms with Crippen molar-refractivity contribution in [3.63, 3.8) is 0 Å². The number of hydrogen-bond acceptors (Lipinski definition) is 5. The monoisotopic (exact) mass is 317 g/mol. The second-order valence-electron chi connectivity index (χ2n) is 7.47. The molecule has 5 nitrogen and oxygen atoms in total. The van der Waals surface area contributed by atoms with E-state index in [0.717, 1.165) is 25.0 Å². The predicted octanol–water partition coefficient (Wildman–Crippen LogP) is 2.01. The Bertz CT molecular complexity index is 458. The molecule has 5 heteroatoms. The molecule has 1 aromatic rings. The lowest BCUT2D eigenvalue weighted by Crippen LogP contribution is -2.72. The van der Waals surface area contributed by atoms with Crippen molar-refractivity contribution in [2.24, 2.45) is 11.3 Å². The first-order valence-electron chi connectivity index (χ1n) is 9.20. The Morgan fingerprint density at radius 2 is 1.70 bits per heavy atom. The van der Waals surface area contributed by atoms with E-state index >= 15 is 0 Å². The Balaban J connectivity index is 0.000000485. The van der Waals surface area contributed by atoms with Gasteiger partial charge in [0.1, 0.15) is 0 Å². The van der Waals surface area contributed by atoms with E-state index in [-0.39, 0.29) is 0 Å². The van der Waals surface area contributed by atoms with Crippen LogP contribution in [0.3, 0.4) is 0 Å². The van der Waals surface area contributed by atoms with E-state index in [4.69, 9.17) is 0 Å². The lowest BCUT2D eigenvalue weighted by molar-refractivity contribution is -0.0334. The fourth-order valence-electron chi connectivity index (χ4n) is 4.02. The number of nitrogens with zero attached hydrogens (tertiary/aromatic N) is 4. The zero-order chi connectivity index (χ0) is 16.1. The predicted molar refractivity (Wildman–Crippen MR) is 94.7 cm³/mol. The van der Waals surface area contributed by atoms with Gasteiger partial charge < -0.3 is 15.1 Å². The van der Waals surface area contributed by atoms with Crippen LogP contribution in [0.2, 0.25) is 0 Å². The van der Waals surface area contributed by atoms with Gasteiger partial charge in [-0.2, -0.15) is 0 Å². The van der Waals surface area contributed by atoms with Gasteiger partial charge in [-0.05, 0) is 37.9 Å². The van der Waals surface area contributed by atoms with E-state index in [1.165, 1.54) is 52.0 Å². The summed E-state index contributed by atoms with van der Waals surface area (Å²) in [4.78, 5) is 13.6. The average Bonchev–Trinajstić information content (AvgIpc) is 2.51. The minimum atomic E-state index is 0.548. The summed E-state index contributed by atoms with van der Waals surface area (Å²) < 4.78 is 0. The second-order valence-corrected chi connectivity index (χ2v) is 7.47. The van der Waals surface area contributed by atoms with E-state index in [1.54, 1.807) is 0 Å². The van der Waals surface area contributed by atoms with Crippen LogP contribution in [0.5, 0.6) is 0 Å². The van der Waals surface area contributed by atoms with E-state index in [1.807, 2.05) is 18.5 Å². The summed E-state index contributed by atoms with van der Waals surface area (Å²) in [5.74, 6) is 1.82. The van der Waals surface area contributed by atoms with Crippen LogP contribution in [0.4, 0.5) is 5.95 Å². The number of nitrogens with one attached hydrogen (secondary N) is 1. The van der Waals surface area contributed by atoms with Crippen LogP contribution in [0.25, 0.3) is 0 Å². The van der Waals surface area contributed by atoms with Crippen LogP contribution in [-0.4, -0.2) is 60.7 Å². The number of likely N-dealkylation sites (tertiary alicyclic amines) is 1. The number of hydrogen-bond donors (Lipinski definition) is 1. The van der Waals surface area contributed by atoms with Crippen molar-refractivity contribution in [3.05, 3.63) is 18.5 Å². The Morgan fingerprint density at radius 1 is 1.09 bits per heavy atom. The van der Waals surface area contributed by atoms with Crippen LogP contribution in [0.15, 0.2) is 18.5 Å². The van der Waals surface area contributed by atoms with Gasteiger partial charge in [-0.1, -0.05) is 20.3 Å².